The fourth-order valence-corrected chi connectivity index (χ4v) is 1.50. The van der Waals surface area contributed by atoms with Crippen LogP contribution >= 0.6 is 0 Å². The van der Waals surface area contributed by atoms with Crippen molar-refractivity contribution in [1.82, 2.24) is 9.97 Å². The van der Waals surface area contributed by atoms with Crippen LogP contribution in [0.1, 0.15) is 0 Å². The monoisotopic (exact) mass is 245 g/mol. The van der Waals surface area contributed by atoms with Gasteiger partial charge in [-0.3, -0.25) is 0 Å². The largest absolute Gasteiger partial charge is 0.491 e. The van der Waals surface area contributed by atoms with E-state index in [4.69, 9.17) is 15.2 Å². The average molecular weight is 245 g/mol. The summed E-state index contributed by atoms with van der Waals surface area (Å²) in [6.45, 7) is 1.11. The Bertz CT molecular complexity index is 500. The highest BCUT2D eigenvalue weighted by Crippen LogP contribution is 2.20. The molecule has 0 aliphatic heterocycles. The second-order valence-corrected chi connectivity index (χ2v) is 3.67. The van der Waals surface area contributed by atoms with Crippen LogP contribution in [0.25, 0.3) is 11.3 Å². The Morgan fingerprint density at radius 3 is 2.56 bits per heavy atom. The number of nitrogens with two attached hydrogens (primary N) is 1. The van der Waals surface area contributed by atoms with E-state index in [0.29, 0.717) is 13.2 Å². The van der Waals surface area contributed by atoms with Crippen LogP contribution in [0.3, 0.4) is 0 Å². The van der Waals surface area contributed by atoms with Crippen LogP contribution in [0.4, 0.5) is 5.95 Å². The summed E-state index contributed by atoms with van der Waals surface area (Å²) >= 11 is 0. The summed E-state index contributed by atoms with van der Waals surface area (Å²) in [5.74, 6) is 1.07. The molecule has 0 unspecified atom stereocenters. The molecule has 0 saturated heterocycles. The summed E-state index contributed by atoms with van der Waals surface area (Å²) < 4.78 is 10.4. The third-order valence-corrected chi connectivity index (χ3v) is 2.38. The van der Waals surface area contributed by atoms with Gasteiger partial charge in [0.1, 0.15) is 12.4 Å². The Kier molecular flexibility index (Phi) is 4.09. The van der Waals surface area contributed by atoms with Crippen LogP contribution < -0.4 is 10.5 Å². The Balaban J connectivity index is 2.07. The zero-order chi connectivity index (χ0) is 12.8. The predicted molar refractivity (Wildman–Crippen MR) is 69.3 cm³/mol. The minimum Gasteiger partial charge on any atom is -0.491 e. The number of rotatable bonds is 5. The van der Waals surface area contributed by atoms with Gasteiger partial charge in [0.15, 0.2) is 0 Å². The van der Waals surface area contributed by atoms with Crippen LogP contribution in [-0.4, -0.2) is 30.3 Å². The lowest BCUT2D eigenvalue weighted by Crippen LogP contribution is -2.03. The molecule has 0 radical (unpaired) electrons. The van der Waals surface area contributed by atoms with Gasteiger partial charge in [0.2, 0.25) is 5.95 Å². The lowest BCUT2D eigenvalue weighted by atomic mass is 10.1. The van der Waals surface area contributed by atoms with Crippen molar-refractivity contribution in [2.75, 3.05) is 26.1 Å². The van der Waals surface area contributed by atoms with Crippen LogP contribution in [0.2, 0.25) is 0 Å². The molecule has 94 valence electrons. The van der Waals surface area contributed by atoms with Crippen LogP contribution in [-0.2, 0) is 4.74 Å². The summed E-state index contributed by atoms with van der Waals surface area (Å²) in [5, 5.41) is 0. The second kappa shape index (κ2) is 5.97. The quantitative estimate of drug-likeness (QED) is 0.813. The molecule has 0 bridgehead atoms. The molecule has 0 fully saturated rings. The number of benzene rings is 1. The number of anilines is 1. The molecule has 0 atom stereocenters. The van der Waals surface area contributed by atoms with Crippen molar-refractivity contribution in [2.45, 2.75) is 0 Å². The van der Waals surface area contributed by atoms with Crippen LogP contribution in [0, 0.1) is 0 Å². The third kappa shape index (κ3) is 3.18. The number of aromatic nitrogens is 2. The minimum absolute atomic E-state index is 0.271. The van der Waals surface area contributed by atoms with Gasteiger partial charge in [-0.25, -0.2) is 9.97 Å². The fourth-order valence-electron chi connectivity index (χ4n) is 1.50. The first-order valence-corrected chi connectivity index (χ1v) is 5.60. The molecule has 2 aromatic rings. The van der Waals surface area contributed by atoms with Crippen LogP contribution in [0.15, 0.2) is 36.5 Å². The SMILES string of the molecule is COCCOc1ccc(-c2ccnc(N)n2)cc1. The van der Waals surface area contributed by atoms with Crippen LogP contribution in [0.5, 0.6) is 5.75 Å². The average Bonchev–Trinajstić information content (AvgIpc) is 2.40. The molecular formula is C13H15N3O2. The maximum absolute atomic E-state index is 5.55. The predicted octanol–water partition coefficient (Wildman–Crippen LogP) is 1.75. The first kappa shape index (κ1) is 12.3. The molecule has 2 rings (SSSR count). The molecular weight excluding hydrogens is 230 g/mol. The molecule has 1 aromatic heterocycles. The standard InChI is InChI=1S/C13H15N3O2/c1-17-8-9-18-11-4-2-10(3-5-11)12-6-7-15-13(14)16-12/h2-7H,8-9H2,1H3,(H2,14,15,16). The van der Waals surface area contributed by atoms with E-state index in [1.54, 1.807) is 13.3 Å². The first-order valence-electron chi connectivity index (χ1n) is 5.60. The van der Waals surface area contributed by atoms with E-state index in [1.165, 1.54) is 0 Å². The molecule has 5 nitrogen and oxygen atoms in total. The highest BCUT2D eigenvalue weighted by atomic mass is 16.5. The van der Waals surface area contributed by atoms with Gasteiger partial charge < -0.3 is 15.2 Å². The Labute approximate surface area is 106 Å². The van der Waals surface area contributed by atoms with Gasteiger partial charge >= 0.3 is 0 Å². The van der Waals surface area contributed by atoms with Crippen molar-refractivity contribution < 1.29 is 9.47 Å². The van der Waals surface area contributed by atoms with Crippen molar-refractivity contribution >= 4 is 5.95 Å². The van der Waals surface area contributed by atoms with E-state index >= 15 is 0 Å². The van der Waals surface area contributed by atoms with E-state index < -0.39 is 0 Å². The van der Waals surface area contributed by atoms with Gasteiger partial charge in [0.25, 0.3) is 0 Å². The molecule has 1 aromatic carbocycles. The number of hydrogen-bond donors (Lipinski definition) is 1. The van der Waals surface area contributed by atoms with Gasteiger partial charge in [-0.15, -0.1) is 0 Å². The normalized spacial score (nSPS) is 10.3. The first-order chi connectivity index (χ1) is 8.79. The highest BCUT2D eigenvalue weighted by Gasteiger charge is 2.01. The molecule has 0 amide bonds. The lowest BCUT2D eigenvalue weighted by Gasteiger charge is -2.06. The molecule has 5 heteroatoms. The molecule has 2 N–H and O–H groups in total. The Hall–Kier alpha value is -2.14. The topological polar surface area (TPSA) is 70.3 Å². The fraction of sp³-hybridized carbons (Fsp3) is 0.231. The Morgan fingerprint density at radius 2 is 1.89 bits per heavy atom. The van der Waals surface area contributed by atoms with E-state index in [2.05, 4.69) is 9.97 Å². The van der Waals surface area contributed by atoms with E-state index in [0.717, 1.165) is 17.0 Å². The zero-order valence-corrected chi connectivity index (χ0v) is 10.2. The van der Waals surface area contributed by atoms with Crippen molar-refractivity contribution in [1.29, 1.82) is 0 Å². The molecule has 0 spiro atoms. The van der Waals surface area contributed by atoms with E-state index in [9.17, 15) is 0 Å². The second-order valence-electron chi connectivity index (χ2n) is 3.67. The smallest absolute Gasteiger partial charge is 0.220 e. The van der Waals surface area contributed by atoms with Gasteiger partial charge in [-0.2, -0.15) is 0 Å². The molecule has 1 heterocycles. The molecule has 0 aliphatic rings. The lowest BCUT2D eigenvalue weighted by molar-refractivity contribution is 0.146. The van der Waals surface area contributed by atoms with Crippen molar-refractivity contribution in [3.8, 4) is 17.0 Å². The number of hydrogen-bond acceptors (Lipinski definition) is 5. The number of methoxy groups -OCH3 is 1. The summed E-state index contributed by atoms with van der Waals surface area (Å²) in [7, 11) is 1.64. The van der Waals surface area contributed by atoms with Crippen molar-refractivity contribution in [3.05, 3.63) is 36.5 Å². The maximum atomic E-state index is 5.55. The summed E-state index contributed by atoms with van der Waals surface area (Å²) in [5.41, 5.74) is 7.32. The zero-order valence-electron chi connectivity index (χ0n) is 10.2. The molecule has 18 heavy (non-hydrogen) atoms. The van der Waals surface area contributed by atoms with Crippen molar-refractivity contribution in [2.24, 2.45) is 0 Å². The van der Waals surface area contributed by atoms with Gasteiger partial charge in [-0.05, 0) is 30.3 Å². The number of nitrogen functional groups attached to an aromatic ring is 1. The summed E-state index contributed by atoms with van der Waals surface area (Å²) in [6, 6.07) is 9.47. The van der Waals surface area contributed by atoms with Crippen molar-refractivity contribution in [3.63, 3.8) is 0 Å². The van der Waals surface area contributed by atoms with E-state index in [1.807, 2.05) is 30.3 Å². The highest BCUT2D eigenvalue weighted by molar-refractivity contribution is 5.60. The maximum Gasteiger partial charge on any atom is 0.220 e. The van der Waals surface area contributed by atoms with E-state index in [-0.39, 0.29) is 5.95 Å². The molecule has 0 aliphatic carbocycles. The minimum atomic E-state index is 0.271. The molecule has 0 saturated carbocycles. The summed E-state index contributed by atoms with van der Waals surface area (Å²) in [6.07, 6.45) is 1.64. The third-order valence-electron chi connectivity index (χ3n) is 2.38. The summed E-state index contributed by atoms with van der Waals surface area (Å²) in [4.78, 5) is 8.02. The van der Waals surface area contributed by atoms with Gasteiger partial charge in [0, 0.05) is 18.9 Å². The van der Waals surface area contributed by atoms with Gasteiger partial charge in [-0.1, -0.05) is 0 Å². The number of nitrogens with zero attached hydrogens (tertiary/aromatic N) is 2. The Morgan fingerprint density at radius 1 is 1.11 bits per heavy atom. The van der Waals surface area contributed by atoms with Gasteiger partial charge in [0.05, 0.1) is 12.3 Å². The number of ether oxygens (including phenoxy) is 2.